The molecule has 0 fully saturated rings. The van der Waals surface area contributed by atoms with Crippen LogP contribution in [0.1, 0.15) is 27.7 Å². The predicted octanol–water partition coefficient (Wildman–Crippen LogP) is 0.671. The Morgan fingerprint density at radius 3 is 2.48 bits per heavy atom. The van der Waals surface area contributed by atoms with Crippen molar-refractivity contribution in [3.63, 3.8) is 0 Å². The molecule has 1 aromatic heterocycles. The largest absolute Gasteiger partial charge is 0.383 e. The molecular weight excluding hydrogens is 372 g/mol. The Morgan fingerprint density at radius 1 is 1.26 bits per heavy atom. The van der Waals surface area contributed by atoms with Crippen LogP contribution in [0.25, 0.3) is 5.70 Å². The second-order valence-electron chi connectivity index (χ2n) is 6.06. The highest BCUT2D eigenvalue weighted by atomic mass is 32.1. The van der Waals surface area contributed by atoms with Gasteiger partial charge >= 0.3 is 0 Å². The van der Waals surface area contributed by atoms with Gasteiger partial charge in [-0.15, -0.1) is 11.3 Å². The first kappa shape index (κ1) is 21.0. The van der Waals surface area contributed by atoms with E-state index >= 15 is 0 Å². The molecule has 0 saturated heterocycles. The highest BCUT2D eigenvalue weighted by molar-refractivity contribution is 7.12. The molecule has 2 rings (SSSR count). The number of quaternary nitrogens is 1. The van der Waals surface area contributed by atoms with Gasteiger partial charge in [-0.3, -0.25) is 4.79 Å². The summed E-state index contributed by atoms with van der Waals surface area (Å²) in [4.78, 5) is 13.0. The molecular formula is C18H24F2N5OS+. The monoisotopic (exact) mass is 396 g/mol. The maximum atomic E-state index is 13.3. The highest BCUT2D eigenvalue weighted by Gasteiger charge is 2.17. The molecule has 0 spiro atoms. The van der Waals surface area contributed by atoms with Crippen molar-refractivity contribution in [2.45, 2.75) is 19.4 Å². The standard InChI is InChI=1S/C18H23F2N5OS/c1-10(25-22)17(23-2)12-6-16(27-9-12)18(26)24-15(8-21)5-11-3-13(19)7-14(20)4-11/h3-4,6-7,9,15,23,25H,5,8,21-22H2,1-2H3,(H,24,26)/p+1. The Labute approximate surface area is 160 Å². The van der Waals surface area contributed by atoms with Gasteiger partial charge in [-0.1, -0.05) is 0 Å². The second kappa shape index (κ2) is 9.56. The van der Waals surface area contributed by atoms with Crippen molar-refractivity contribution < 1.29 is 19.0 Å². The van der Waals surface area contributed by atoms with Gasteiger partial charge in [0.05, 0.1) is 4.88 Å². The molecule has 0 radical (unpaired) electrons. The third-order valence-corrected chi connectivity index (χ3v) is 4.96. The third-order valence-electron chi connectivity index (χ3n) is 4.03. The molecule has 8 N–H and O–H groups in total. The summed E-state index contributed by atoms with van der Waals surface area (Å²) in [6.45, 7) is 2.01. The number of hydrogen-bond donors (Lipinski definition) is 5. The van der Waals surface area contributed by atoms with E-state index in [1.807, 2.05) is 12.3 Å². The summed E-state index contributed by atoms with van der Waals surface area (Å²) in [6, 6.07) is 4.59. The zero-order chi connectivity index (χ0) is 20.0. The summed E-state index contributed by atoms with van der Waals surface area (Å²) >= 11 is 1.29. The van der Waals surface area contributed by atoms with Gasteiger partial charge in [0.2, 0.25) is 0 Å². The van der Waals surface area contributed by atoms with Crippen molar-refractivity contribution in [2.24, 2.45) is 11.6 Å². The van der Waals surface area contributed by atoms with E-state index in [2.05, 4.69) is 10.6 Å². The van der Waals surface area contributed by atoms with Crippen molar-refractivity contribution in [1.82, 2.24) is 10.6 Å². The Hall–Kier alpha value is -2.33. The van der Waals surface area contributed by atoms with Crippen molar-refractivity contribution in [1.29, 1.82) is 0 Å². The molecule has 1 aromatic carbocycles. The van der Waals surface area contributed by atoms with Gasteiger partial charge in [0.25, 0.3) is 5.91 Å². The van der Waals surface area contributed by atoms with Crippen LogP contribution in [0.5, 0.6) is 0 Å². The van der Waals surface area contributed by atoms with Gasteiger partial charge in [0.15, 0.2) is 0 Å². The number of thiophene rings is 1. The highest BCUT2D eigenvalue weighted by Crippen LogP contribution is 2.21. The normalized spacial score (nSPS) is 13.1. The van der Waals surface area contributed by atoms with E-state index in [9.17, 15) is 13.6 Å². The molecule has 0 aliphatic carbocycles. The van der Waals surface area contributed by atoms with E-state index in [4.69, 9.17) is 11.6 Å². The molecule has 2 aromatic rings. The number of benzene rings is 1. The van der Waals surface area contributed by atoms with Crippen LogP contribution in [-0.2, 0) is 6.42 Å². The van der Waals surface area contributed by atoms with Crippen molar-refractivity contribution in [3.05, 3.63) is 63.0 Å². The van der Waals surface area contributed by atoms with E-state index in [1.165, 1.54) is 28.9 Å². The lowest BCUT2D eigenvalue weighted by Crippen LogP contribution is -2.89. The third kappa shape index (κ3) is 5.57. The number of nitrogens with two attached hydrogens (primary N) is 3. The van der Waals surface area contributed by atoms with Gasteiger partial charge in [-0.25, -0.2) is 14.2 Å². The maximum absolute atomic E-state index is 13.3. The van der Waals surface area contributed by atoms with E-state index in [0.717, 1.165) is 23.0 Å². The molecule has 0 saturated carbocycles. The van der Waals surface area contributed by atoms with Crippen LogP contribution >= 0.6 is 11.3 Å². The minimum atomic E-state index is -0.659. The molecule has 0 aliphatic heterocycles. The van der Waals surface area contributed by atoms with Crippen molar-refractivity contribution in [3.8, 4) is 0 Å². The van der Waals surface area contributed by atoms with Crippen LogP contribution in [0.3, 0.4) is 0 Å². The first-order valence-electron chi connectivity index (χ1n) is 8.36. The number of allylic oxidation sites excluding steroid dienone is 1. The van der Waals surface area contributed by atoms with Gasteiger partial charge in [-0.2, -0.15) is 5.84 Å². The molecule has 0 bridgehead atoms. The summed E-state index contributed by atoms with van der Waals surface area (Å²) in [5.74, 6) is 3.96. The summed E-state index contributed by atoms with van der Waals surface area (Å²) in [5, 5.41) is 7.74. The lowest BCUT2D eigenvalue weighted by molar-refractivity contribution is -0.618. The van der Waals surface area contributed by atoms with Crippen molar-refractivity contribution in [2.75, 3.05) is 13.6 Å². The van der Waals surface area contributed by atoms with Crippen LogP contribution in [0.15, 0.2) is 35.3 Å². The fraction of sp³-hybridized carbons (Fsp3) is 0.278. The fourth-order valence-corrected chi connectivity index (χ4v) is 3.50. The SMILES string of the molecule is CNC(=C(C)[NH2+]N)c1csc(C(=O)NC(CN)Cc2cc(F)cc(F)c2)c1. The Morgan fingerprint density at radius 2 is 1.93 bits per heavy atom. The quantitative estimate of drug-likeness (QED) is 0.334. The van der Waals surface area contributed by atoms with Gasteiger partial charge < -0.3 is 16.4 Å². The molecule has 1 unspecified atom stereocenters. The fourth-order valence-electron chi connectivity index (χ4n) is 2.70. The average Bonchev–Trinajstić information content (AvgIpc) is 3.10. The van der Waals surface area contributed by atoms with Gasteiger partial charge in [0, 0.05) is 43.6 Å². The molecule has 0 aliphatic rings. The summed E-state index contributed by atoms with van der Waals surface area (Å²) in [6.07, 6.45) is 0.234. The minimum Gasteiger partial charge on any atom is -0.383 e. The molecule has 1 atom stereocenters. The smallest absolute Gasteiger partial charge is 0.261 e. The molecule has 1 heterocycles. The van der Waals surface area contributed by atoms with Crippen LogP contribution in [0.2, 0.25) is 0 Å². The number of carbonyl (C=O) groups is 1. The minimum absolute atomic E-state index is 0.144. The van der Waals surface area contributed by atoms with Crippen molar-refractivity contribution >= 4 is 22.9 Å². The molecule has 27 heavy (non-hydrogen) atoms. The van der Waals surface area contributed by atoms with E-state index in [0.29, 0.717) is 10.4 Å². The van der Waals surface area contributed by atoms with Crippen LogP contribution < -0.4 is 27.6 Å². The first-order valence-corrected chi connectivity index (χ1v) is 9.24. The maximum Gasteiger partial charge on any atom is 0.261 e. The zero-order valence-electron chi connectivity index (χ0n) is 15.2. The molecule has 1 amide bonds. The molecule has 9 heteroatoms. The number of amides is 1. The Balaban J connectivity index is 2.11. The van der Waals surface area contributed by atoms with Crippen LogP contribution in [0.4, 0.5) is 8.78 Å². The lowest BCUT2D eigenvalue weighted by Gasteiger charge is -2.16. The van der Waals surface area contributed by atoms with Gasteiger partial charge in [-0.05, 0) is 30.2 Å². The number of hydrogen-bond acceptors (Lipinski definition) is 5. The number of carbonyl (C=O) groups excluding carboxylic acids is 1. The lowest BCUT2D eigenvalue weighted by atomic mass is 10.1. The summed E-state index contributed by atoms with van der Waals surface area (Å²) in [7, 11) is 1.78. The number of halogens is 2. The van der Waals surface area contributed by atoms with E-state index in [1.54, 1.807) is 13.1 Å². The molecule has 146 valence electrons. The molecule has 6 nitrogen and oxygen atoms in total. The summed E-state index contributed by atoms with van der Waals surface area (Å²) < 4.78 is 26.7. The number of rotatable bonds is 8. The predicted molar refractivity (Wildman–Crippen MR) is 102 cm³/mol. The second-order valence-corrected chi connectivity index (χ2v) is 6.97. The number of nitrogens with one attached hydrogen (secondary N) is 2. The zero-order valence-corrected chi connectivity index (χ0v) is 16.0. The van der Waals surface area contributed by atoms with E-state index in [-0.39, 0.29) is 18.9 Å². The first-order chi connectivity index (χ1) is 12.9. The van der Waals surface area contributed by atoms with Crippen LogP contribution in [0, 0.1) is 11.6 Å². The van der Waals surface area contributed by atoms with Gasteiger partial charge in [0.1, 0.15) is 23.0 Å². The van der Waals surface area contributed by atoms with E-state index < -0.39 is 17.7 Å². The summed E-state index contributed by atoms with van der Waals surface area (Å²) in [5.41, 5.74) is 10.2. The Kier molecular flexibility index (Phi) is 7.43. The Bertz CT molecular complexity index is 817. The van der Waals surface area contributed by atoms with Crippen LogP contribution in [-0.4, -0.2) is 25.5 Å². The topological polar surface area (TPSA) is 110 Å². The average molecular weight is 396 g/mol.